The summed E-state index contributed by atoms with van der Waals surface area (Å²) in [6.45, 7) is 1.63. The van der Waals surface area contributed by atoms with E-state index in [-0.39, 0.29) is 30.3 Å². The molecule has 0 radical (unpaired) electrons. The summed E-state index contributed by atoms with van der Waals surface area (Å²) in [5.41, 5.74) is 3.90. The number of rotatable bonds is 4. The highest BCUT2D eigenvalue weighted by atomic mass is 19.3. The third-order valence-electron chi connectivity index (χ3n) is 6.39. The maximum absolute atomic E-state index is 13.6. The molecule has 1 aromatic heterocycles. The zero-order valence-electron chi connectivity index (χ0n) is 17.7. The van der Waals surface area contributed by atoms with Gasteiger partial charge in [-0.05, 0) is 35.6 Å². The van der Waals surface area contributed by atoms with Gasteiger partial charge in [-0.15, -0.1) is 0 Å². The van der Waals surface area contributed by atoms with E-state index in [4.69, 9.17) is 4.74 Å². The van der Waals surface area contributed by atoms with E-state index in [0.717, 1.165) is 38.0 Å². The lowest BCUT2D eigenvalue weighted by Crippen LogP contribution is -2.47. The monoisotopic (exact) mass is 453 g/mol. The molecule has 0 spiro atoms. The molecule has 3 aromatic rings. The number of aromatic nitrogens is 2. The van der Waals surface area contributed by atoms with Gasteiger partial charge in [-0.2, -0.15) is 5.10 Å². The predicted octanol–water partition coefficient (Wildman–Crippen LogP) is 4.94. The Bertz CT molecular complexity index is 1200. The van der Waals surface area contributed by atoms with Gasteiger partial charge < -0.3 is 9.84 Å². The van der Waals surface area contributed by atoms with Crippen LogP contribution < -0.4 is 4.90 Å². The summed E-state index contributed by atoms with van der Waals surface area (Å²) in [6.07, 6.45) is -2.62. The van der Waals surface area contributed by atoms with Crippen LogP contribution in [0, 0.1) is 0 Å². The fraction of sp³-hybridized carbons (Fsp3) is 0.292. The third-order valence-corrected chi connectivity index (χ3v) is 6.39. The summed E-state index contributed by atoms with van der Waals surface area (Å²) in [4.78, 5) is 26.0. The van der Waals surface area contributed by atoms with Gasteiger partial charge in [0.1, 0.15) is 18.2 Å². The van der Waals surface area contributed by atoms with E-state index in [1.54, 1.807) is 6.92 Å². The van der Waals surface area contributed by atoms with E-state index < -0.39 is 30.6 Å². The van der Waals surface area contributed by atoms with Crippen molar-refractivity contribution in [2.24, 2.45) is 0 Å². The molecule has 1 aliphatic heterocycles. The van der Waals surface area contributed by atoms with Gasteiger partial charge in [-0.1, -0.05) is 48.5 Å². The van der Waals surface area contributed by atoms with Gasteiger partial charge in [0.15, 0.2) is 5.82 Å². The lowest BCUT2D eigenvalue weighted by atomic mass is 9.98. The molecule has 9 heteroatoms. The summed E-state index contributed by atoms with van der Waals surface area (Å²) in [7, 11) is 0. The SMILES string of the molecule is C[C@@H]1C[C@H](C(F)F)n2ncc(C(=O)O)c2N1C(=O)OCC1c2ccccc2-c2ccccc21. The maximum atomic E-state index is 13.6. The van der Waals surface area contributed by atoms with Crippen molar-refractivity contribution in [3.63, 3.8) is 0 Å². The van der Waals surface area contributed by atoms with E-state index in [1.807, 2.05) is 48.5 Å². The summed E-state index contributed by atoms with van der Waals surface area (Å²) in [5, 5.41) is 13.4. The third kappa shape index (κ3) is 3.35. The Morgan fingerprint density at radius 2 is 1.73 bits per heavy atom. The van der Waals surface area contributed by atoms with Crippen molar-refractivity contribution in [1.82, 2.24) is 9.78 Å². The minimum absolute atomic E-state index is 0.0326. The number of fused-ring (bicyclic) bond motifs is 4. The van der Waals surface area contributed by atoms with Crippen LogP contribution >= 0.6 is 0 Å². The van der Waals surface area contributed by atoms with E-state index in [2.05, 4.69) is 5.10 Å². The fourth-order valence-corrected chi connectivity index (χ4v) is 4.89. The van der Waals surface area contributed by atoms with Crippen LogP contribution in [0.3, 0.4) is 0 Å². The summed E-state index contributed by atoms with van der Waals surface area (Å²) in [5.74, 6) is -1.71. The molecule has 2 atom stereocenters. The van der Waals surface area contributed by atoms with Crippen molar-refractivity contribution in [1.29, 1.82) is 0 Å². The van der Waals surface area contributed by atoms with Crippen LogP contribution in [-0.2, 0) is 4.74 Å². The number of hydrogen-bond donors (Lipinski definition) is 1. The number of amides is 1. The van der Waals surface area contributed by atoms with E-state index in [9.17, 15) is 23.5 Å². The smallest absolute Gasteiger partial charge is 0.415 e. The molecule has 2 heterocycles. The highest BCUT2D eigenvalue weighted by Crippen LogP contribution is 2.45. The molecule has 1 amide bonds. The highest BCUT2D eigenvalue weighted by molar-refractivity contribution is 5.99. The molecular weight excluding hydrogens is 432 g/mol. The fourth-order valence-electron chi connectivity index (χ4n) is 4.89. The second kappa shape index (κ2) is 7.99. The minimum atomic E-state index is -2.75. The van der Waals surface area contributed by atoms with Gasteiger partial charge in [0.2, 0.25) is 0 Å². The normalized spacial score (nSPS) is 19.2. The number of carboxylic acids is 1. The van der Waals surface area contributed by atoms with Crippen molar-refractivity contribution in [3.8, 4) is 11.1 Å². The summed E-state index contributed by atoms with van der Waals surface area (Å²) < 4.78 is 33.8. The maximum Gasteiger partial charge on any atom is 0.415 e. The Kier molecular flexibility index (Phi) is 5.11. The van der Waals surface area contributed by atoms with Crippen LogP contribution in [0.1, 0.15) is 46.8 Å². The molecule has 7 nitrogen and oxygen atoms in total. The number of nitrogens with zero attached hydrogens (tertiary/aromatic N) is 3. The minimum Gasteiger partial charge on any atom is -0.477 e. The van der Waals surface area contributed by atoms with E-state index in [0.29, 0.717) is 0 Å². The van der Waals surface area contributed by atoms with Crippen molar-refractivity contribution < 1.29 is 28.2 Å². The Balaban J connectivity index is 1.45. The van der Waals surface area contributed by atoms with Gasteiger partial charge in [0, 0.05) is 12.0 Å². The van der Waals surface area contributed by atoms with Crippen molar-refractivity contribution in [2.45, 2.75) is 37.8 Å². The predicted molar refractivity (Wildman–Crippen MR) is 116 cm³/mol. The standard InChI is InChI=1S/C24H21F2N3O4/c1-13-10-20(21(25)26)29-22(18(11-27-29)23(30)31)28(13)24(32)33-12-19-16-8-4-2-6-14(16)15-7-3-5-9-17(15)19/h2-9,11,13,19-21H,10,12H2,1H3,(H,30,31)/t13-,20-/m1/s1. The molecule has 0 bridgehead atoms. The van der Waals surface area contributed by atoms with Gasteiger partial charge in [-0.3, -0.25) is 4.90 Å². The molecule has 170 valence electrons. The number of ether oxygens (including phenoxy) is 1. The lowest BCUT2D eigenvalue weighted by Gasteiger charge is -2.37. The van der Waals surface area contributed by atoms with Crippen LogP contribution in [-0.4, -0.2) is 46.0 Å². The first-order valence-electron chi connectivity index (χ1n) is 10.6. The first-order valence-corrected chi connectivity index (χ1v) is 10.6. The second-order valence-corrected chi connectivity index (χ2v) is 8.29. The molecule has 2 aliphatic rings. The number of hydrogen-bond acceptors (Lipinski definition) is 4. The van der Waals surface area contributed by atoms with E-state index >= 15 is 0 Å². The number of benzene rings is 2. The number of carbonyl (C=O) groups excluding carboxylic acids is 1. The molecule has 2 aromatic carbocycles. The number of carboxylic acid groups (broad SMARTS) is 1. The molecule has 5 rings (SSSR count). The number of alkyl halides is 2. The number of aromatic carboxylic acids is 1. The topological polar surface area (TPSA) is 84.7 Å². The van der Waals surface area contributed by atoms with Gasteiger partial charge in [0.05, 0.1) is 6.20 Å². The molecule has 0 saturated carbocycles. The lowest BCUT2D eigenvalue weighted by molar-refractivity contribution is 0.0607. The highest BCUT2D eigenvalue weighted by Gasteiger charge is 2.42. The van der Waals surface area contributed by atoms with Gasteiger partial charge in [0.25, 0.3) is 6.43 Å². The Labute approximate surface area is 188 Å². The first kappa shape index (κ1) is 21.1. The Morgan fingerprint density at radius 3 is 2.30 bits per heavy atom. The molecule has 1 aliphatic carbocycles. The molecule has 1 N–H and O–H groups in total. The van der Waals surface area contributed by atoms with Gasteiger partial charge >= 0.3 is 12.1 Å². The molecule has 33 heavy (non-hydrogen) atoms. The van der Waals surface area contributed by atoms with Crippen LogP contribution in [0.15, 0.2) is 54.7 Å². The quantitative estimate of drug-likeness (QED) is 0.605. The molecule has 0 saturated heterocycles. The summed E-state index contributed by atoms with van der Waals surface area (Å²) >= 11 is 0. The molecule has 0 unspecified atom stereocenters. The Hall–Kier alpha value is -3.75. The zero-order chi connectivity index (χ0) is 23.3. The zero-order valence-corrected chi connectivity index (χ0v) is 17.7. The van der Waals surface area contributed by atoms with Gasteiger partial charge in [-0.25, -0.2) is 23.1 Å². The average Bonchev–Trinajstić information content (AvgIpc) is 3.37. The summed E-state index contributed by atoms with van der Waals surface area (Å²) in [6, 6.07) is 13.8. The largest absolute Gasteiger partial charge is 0.477 e. The first-order chi connectivity index (χ1) is 15.9. The van der Waals surface area contributed by atoms with Crippen LogP contribution in [0.2, 0.25) is 0 Å². The number of halogens is 2. The average molecular weight is 453 g/mol. The Morgan fingerprint density at radius 1 is 1.12 bits per heavy atom. The molecular formula is C24H21F2N3O4. The van der Waals surface area contributed by atoms with Crippen molar-refractivity contribution in [3.05, 3.63) is 71.4 Å². The second-order valence-electron chi connectivity index (χ2n) is 8.29. The number of carbonyl (C=O) groups is 2. The van der Waals surface area contributed by atoms with Crippen LogP contribution in [0.25, 0.3) is 11.1 Å². The van der Waals surface area contributed by atoms with Crippen LogP contribution in [0.5, 0.6) is 0 Å². The van der Waals surface area contributed by atoms with E-state index in [1.165, 1.54) is 0 Å². The van der Waals surface area contributed by atoms with Crippen molar-refractivity contribution in [2.75, 3.05) is 11.5 Å². The molecule has 0 fully saturated rings. The van der Waals surface area contributed by atoms with Crippen molar-refractivity contribution >= 4 is 17.9 Å². The number of anilines is 1. The van der Waals surface area contributed by atoms with Crippen LogP contribution in [0.4, 0.5) is 19.4 Å².